The predicted molar refractivity (Wildman–Crippen MR) is 57.6 cm³/mol. The molecule has 0 spiro atoms. The summed E-state index contributed by atoms with van der Waals surface area (Å²) in [5.41, 5.74) is 5.29. The number of nitrogen functional groups attached to an aromatic ring is 1. The van der Waals surface area contributed by atoms with Crippen LogP contribution in [0.4, 0.5) is 14.6 Å². The Hall–Kier alpha value is -1.24. The number of nitrogens with zero attached hydrogens (tertiary/aromatic N) is 1. The summed E-state index contributed by atoms with van der Waals surface area (Å²) in [6.07, 6.45) is -2.78. The van der Waals surface area contributed by atoms with Crippen molar-refractivity contribution in [3.63, 3.8) is 0 Å². The lowest BCUT2D eigenvalue weighted by Gasteiger charge is -2.10. The number of alkyl halides is 3. The Kier molecular flexibility index (Phi) is 4.17. The number of nitrogens with two attached hydrogens (primary N) is 1. The van der Waals surface area contributed by atoms with E-state index in [-0.39, 0.29) is 16.7 Å². The van der Waals surface area contributed by atoms with E-state index in [1.165, 1.54) is 7.11 Å². The van der Waals surface area contributed by atoms with E-state index in [4.69, 9.17) is 5.73 Å². The van der Waals surface area contributed by atoms with E-state index in [0.29, 0.717) is 5.56 Å². The number of halogens is 3. The van der Waals surface area contributed by atoms with E-state index in [0.717, 1.165) is 6.07 Å². The molecule has 1 aromatic heterocycles. The Morgan fingerprint density at radius 3 is 2.75 bits per heavy atom. The van der Waals surface area contributed by atoms with Crippen LogP contribution in [0.2, 0.25) is 0 Å². The highest BCUT2D eigenvalue weighted by atomic mass is 79.9. The van der Waals surface area contributed by atoms with Gasteiger partial charge in [0.1, 0.15) is 11.5 Å². The number of rotatable bonds is 3. The molecule has 88 valence electrons. The molecular formula is C9H9BrF2N2O2. The molecule has 0 atom stereocenters. The van der Waals surface area contributed by atoms with Crippen LogP contribution in [0.5, 0.6) is 0 Å². The number of ether oxygens (including phenoxy) is 1. The second-order valence-corrected chi connectivity index (χ2v) is 3.45. The van der Waals surface area contributed by atoms with Crippen LogP contribution < -0.4 is 5.73 Å². The van der Waals surface area contributed by atoms with Gasteiger partial charge in [0.15, 0.2) is 0 Å². The number of methoxy groups -OCH3 is 1. The van der Waals surface area contributed by atoms with Crippen LogP contribution in [0, 0.1) is 0 Å². The fraction of sp³-hybridized carbons (Fsp3) is 0.333. The monoisotopic (exact) mass is 294 g/mol. The van der Waals surface area contributed by atoms with Gasteiger partial charge in [-0.15, -0.1) is 0 Å². The van der Waals surface area contributed by atoms with Crippen LogP contribution in [0.3, 0.4) is 0 Å². The summed E-state index contributed by atoms with van der Waals surface area (Å²) in [5, 5.41) is 0.236. The Balaban J connectivity index is 3.36. The normalized spacial score (nSPS) is 10.6. The van der Waals surface area contributed by atoms with E-state index >= 15 is 0 Å². The van der Waals surface area contributed by atoms with Crippen molar-refractivity contribution in [3.8, 4) is 0 Å². The number of hydrogen-bond donors (Lipinski definition) is 1. The van der Waals surface area contributed by atoms with Gasteiger partial charge >= 0.3 is 5.97 Å². The largest absolute Gasteiger partial charge is 0.465 e. The third-order valence-corrected chi connectivity index (χ3v) is 2.50. The zero-order valence-corrected chi connectivity index (χ0v) is 9.92. The van der Waals surface area contributed by atoms with E-state index in [9.17, 15) is 13.6 Å². The smallest absolute Gasteiger partial charge is 0.338 e. The van der Waals surface area contributed by atoms with Gasteiger partial charge in [-0.05, 0) is 6.07 Å². The van der Waals surface area contributed by atoms with Crippen molar-refractivity contribution in [1.29, 1.82) is 0 Å². The third-order valence-electron chi connectivity index (χ3n) is 1.94. The van der Waals surface area contributed by atoms with Crippen molar-refractivity contribution < 1.29 is 18.3 Å². The minimum Gasteiger partial charge on any atom is -0.465 e. The lowest BCUT2D eigenvalue weighted by atomic mass is 10.1. The summed E-state index contributed by atoms with van der Waals surface area (Å²) >= 11 is 3.10. The average Bonchev–Trinajstić information content (AvgIpc) is 2.26. The molecule has 1 heterocycles. The molecule has 0 aliphatic heterocycles. The van der Waals surface area contributed by atoms with Gasteiger partial charge in [-0.3, -0.25) is 0 Å². The fourth-order valence-electron chi connectivity index (χ4n) is 1.16. The summed E-state index contributed by atoms with van der Waals surface area (Å²) in [4.78, 5) is 14.9. The molecule has 7 heteroatoms. The van der Waals surface area contributed by atoms with Crippen LogP contribution in [0.1, 0.15) is 28.0 Å². The SMILES string of the molecule is COC(=O)c1cc(C(F)F)nc(N)c1CBr. The minimum atomic E-state index is -2.78. The summed E-state index contributed by atoms with van der Waals surface area (Å²) < 4.78 is 29.4. The Morgan fingerprint density at radius 1 is 1.69 bits per heavy atom. The third kappa shape index (κ3) is 2.46. The summed E-state index contributed by atoms with van der Waals surface area (Å²) in [6, 6.07) is 0.990. The molecule has 0 aliphatic rings. The number of hydrogen-bond acceptors (Lipinski definition) is 4. The topological polar surface area (TPSA) is 65.2 Å². The molecule has 4 nitrogen and oxygen atoms in total. The first kappa shape index (κ1) is 12.8. The number of aromatic nitrogens is 1. The maximum atomic E-state index is 12.4. The quantitative estimate of drug-likeness (QED) is 0.686. The van der Waals surface area contributed by atoms with Gasteiger partial charge < -0.3 is 10.5 Å². The first-order chi connectivity index (χ1) is 7.51. The molecule has 0 amide bonds. The van der Waals surface area contributed by atoms with E-state index < -0.39 is 18.1 Å². The van der Waals surface area contributed by atoms with Crippen molar-refractivity contribution in [3.05, 3.63) is 22.9 Å². The minimum absolute atomic E-state index is 0.00201. The average molecular weight is 295 g/mol. The Labute approximate surface area is 98.9 Å². The molecule has 0 fully saturated rings. The molecule has 0 saturated heterocycles. The van der Waals surface area contributed by atoms with Crippen LogP contribution in [-0.4, -0.2) is 18.1 Å². The van der Waals surface area contributed by atoms with Gasteiger partial charge in [-0.2, -0.15) is 0 Å². The van der Waals surface area contributed by atoms with Crippen LogP contribution in [0.15, 0.2) is 6.07 Å². The molecule has 0 saturated carbocycles. The fourth-order valence-corrected chi connectivity index (χ4v) is 1.75. The maximum Gasteiger partial charge on any atom is 0.338 e. The molecule has 0 bridgehead atoms. The molecule has 16 heavy (non-hydrogen) atoms. The number of esters is 1. The highest BCUT2D eigenvalue weighted by molar-refractivity contribution is 9.08. The van der Waals surface area contributed by atoms with E-state index in [1.54, 1.807) is 0 Å². The van der Waals surface area contributed by atoms with Gasteiger partial charge in [-0.1, -0.05) is 15.9 Å². The van der Waals surface area contributed by atoms with Crippen LogP contribution >= 0.6 is 15.9 Å². The summed E-state index contributed by atoms with van der Waals surface area (Å²) in [7, 11) is 1.17. The lowest BCUT2D eigenvalue weighted by Crippen LogP contribution is -2.11. The molecule has 0 unspecified atom stereocenters. The number of anilines is 1. The Morgan fingerprint density at radius 2 is 2.31 bits per heavy atom. The second-order valence-electron chi connectivity index (χ2n) is 2.88. The second kappa shape index (κ2) is 5.20. The first-order valence-corrected chi connectivity index (χ1v) is 5.35. The van der Waals surface area contributed by atoms with Gasteiger partial charge in [0.2, 0.25) is 0 Å². The van der Waals surface area contributed by atoms with Crippen molar-refractivity contribution in [1.82, 2.24) is 4.98 Å². The van der Waals surface area contributed by atoms with Crippen LogP contribution in [0.25, 0.3) is 0 Å². The first-order valence-electron chi connectivity index (χ1n) is 4.23. The molecule has 2 N–H and O–H groups in total. The molecular weight excluding hydrogens is 286 g/mol. The highest BCUT2D eigenvalue weighted by Gasteiger charge is 2.20. The summed E-state index contributed by atoms with van der Waals surface area (Å²) in [6.45, 7) is 0. The van der Waals surface area contributed by atoms with Gasteiger partial charge in [-0.25, -0.2) is 18.6 Å². The molecule has 0 radical (unpaired) electrons. The van der Waals surface area contributed by atoms with Gasteiger partial charge in [0.05, 0.1) is 12.7 Å². The van der Waals surface area contributed by atoms with E-state index in [1.807, 2.05) is 0 Å². The molecule has 0 aliphatic carbocycles. The molecule has 1 aromatic rings. The van der Waals surface area contributed by atoms with E-state index in [2.05, 4.69) is 25.7 Å². The number of pyridine rings is 1. The highest BCUT2D eigenvalue weighted by Crippen LogP contribution is 2.25. The molecule has 0 aromatic carbocycles. The standard InChI is InChI=1S/C9H9BrF2N2O2/c1-16-9(15)4-2-6(7(11)12)14-8(13)5(4)3-10/h2,7H,3H2,1H3,(H2,13,14). The van der Waals surface area contributed by atoms with Crippen LogP contribution in [-0.2, 0) is 10.1 Å². The number of carbonyl (C=O) groups is 1. The zero-order valence-electron chi connectivity index (χ0n) is 8.34. The van der Waals surface area contributed by atoms with Gasteiger partial charge in [0.25, 0.3) is 6.43 Å². The number of carbonyl (C=O) groups excluding carboxylic acids is 1. The van der Waals surface area contributed by atoms with Crippen molar-refractivity contribution >= 4 is 27.7 Å². The van der Waals surface area contributed by atoms with Crippen molar-refractivity contribution in [2.45, 2.75) is 11.8 Å². The maximum absolute atomic E-state index is 12.4. The predicted octanol–water partition coefficient (Wildman–Crippen LogP) is 2.28. The zero-order chi connectivity index (χ0) is 12.3. The van der Waals surface area contributed by atoms with Gasteiger partial charge in [0, 0.05) is 10.9 Å². The Bertz CT molecular complexity index is 413. The van der Waals surface area contributed by atoms with Crippen molar-refractivity contribution in [2.75, 3.05) is 12.8 Å². The summed E-state index contributed by atoms with van der Waals surface area (Å²) in [5.74, 6) is -0.819. The van der Waals surface area contributed by atoms with Crippen molar-refractivity contribution in [2.24, 2.45) is 0 Å². The molecule has 1 rings (SSSR count). The lowest BCUT2D eigenvalue weighted by molar-refractivity contribution is 0.0599.